The van der Waals surface area contributed by atoms with Crippen LogP contribution in [0.3, 0.4) is 0 Å². The summed E-state index contributed by atoms with van der Waals surface area (Å²) in [6, 6.07) is 16.3. The molecule has 0 spiro atoms. The van der Waals surface area contributed by atoms with E-state index in [-0.39, 0.29) is 11.3 Å². The average molecular weight is 539 g/mol. The van der Waals surface area contributed by atoms with E-state index >= 15 is 0 Å². The Balaban J connectivity index is 1.49. The van der Waals surface area contributed by atoms with Gasteiger partial charge in [0.1, 0.15) is 0 Å². The highest BCUT2D eigenvalue weighted by Gasteiger charge is 2.46. The largest absolute Gasteiger partial charge is 0.324 e. The molecule has 1 fully saturated rings. The average Bonchev–Trinajstić information content (AvgIpc) is 3.49. The van der Waals surface area contributed by atoms with Gasteiger partial charge in [0.05, 0.1) is 12.2 Å². The van der Waals surface area contributed by atoms with Gasteiger partial charge < -0.3 is 5.32 Å². The number of halogens is 2. The second kappa shape index (κ2) is 9.01. The van der Waals surface area contributed by atoms with Gasteiger partial charge in [0.25, 0.3) is 5.91 Å². The molecule has 1 N–H and O–H groups in total. The van der Waals surface area contributed by atoms with Gasteiger partial charge in [-0.2, -0.15) is 5.10 Å². The molecule has 2 aliphatic carbocycles. The zero-order valence-electron chi connectivity index (χ0n) is 19.8. The van der Waals surface area contributed by atoms with Gasteiger partial charge in [-0.1, -0.05) is 70.4 Å². The number of nitrogens with one attached hydrogen (secondary N) is 1. The number of alkyl halides is 1. The molecular weight excluding hydrogens is 510 g/mol. The standard InChI is InChI=1S/C28H29BrClN3O/c1-17-12-21(8-9-23(17)30)25-13-24(32-33(25)16-20-6-4-19(15-29)5-7-20)27(34)31-26-18(2)22-10-11-28(26,3)14-22/h4-9,12-13,22H,10-11,14-16H2,1-3H3,(H,31,34). The Morgan fingerprint density at radius 3 is 2.56 bits per heavy atom. The summed E-state index contributed by atoms with van der Waals surface area (Å²) in [7, 11) is 0. The van der Waals surface area contributed by atoms with Crippen LogP contribution in [0.2, 0.25) is 5.02 Å². The summed E-state index contributed by atoms with van der Waals surface area (Å²) in [6.07, 6.45) is 3.51. The first-order valence-electron chi connectivity index (χ1n) is 11.8. The number of benzene rings is 2. The minimum Gasteiger partial charge on any atom is -0.324 e. The molecule has 2 aliphatic rings. The molecule has 0 saturated heterocycles. The van der Waals surface area contributed by atoms with E-state index in [1.807, 2.05) is 29.8 Å². The lowest BCUT2D eigenvalue weighted by molar-refractivity contribution is 0.0950. The van der Waals surface area contributed by atoms with E-state index in [2.05, 4.69) is 65.4 Å². The topological polar surface area (TPSA) is 46.9 Å². The van der Waals surface area contributed by atoms with Crippen molar-refractivity contribution in [2.45, 2.75) is 51.9 Å². The molecule has 1 heterocycles. The van der Waals surface area contributed by atoms with E-state index in [0.717, 1.165) is 51.3 Å². The summed E-state index contributed by atoms with van der Waals surface area (Å²) < 4.78 is 1.92. The quantitative estimate of drug-likeness (QED) is 0.335. The molecule has 34 heavy (non-hydrogen) atoms. The van der Waals surface area contributed by atoms with Gasteiger partial charge >= 0.3 is 0 Å². The molecule has 2 atom stereocenters. The zero-order chi connectivity index (χ0) is 24.0. The number of carbonyl (C=O) groups is 1. The fraction of sp³-hybridized carbons (Fsp3) is 0.357. The lowest BCUT2D eigenvalue weighted by Gasteiger charge is -2.27. The van der Waals surface area contributed by atoms with Gasteiger partial charge in [-0.05, 0) is 73.9 Å². The van der Waals surface area contributed by atoms with Crippen molar-refractivity contribution in [3.8, 4) is 11.3 Å². The maximum atomic E-state index is 13.4. The van der Waals surface area contributed by atoms with E-state index in [4.69, 9.17) is 16.7 Å². The van der Waals surface area contributed by atoms with Crippen molar-refractivity contribution in [3.05, 3.63) is 87.2 Å². The molecule has 0 aliphatic heterocycles. The molecule has 6 heteroatoms. The Labute approximate surface area is 214 Å². The van der Waals surface area contributed by atoms with Gasteiger partial charge in [0.2, 0.25) is 0 Å². The minimum absolute atomic E-state index is 0.0836. The maximum absolute atomic E-state index is 13.4. The minimum atomic E-state index is -0.136. The second-order valence-electron chi connectivity index (χ2n) is 10.00. The zero-order valence-corrected chi connectivity index (χ0v) is 22.1. The van der Waals surface area contributed by atoms with Crippen LogP contribution in [0.1, 0.15) is 60.3 Å². The number of aryl methyl sites for hydroxylation is 1. The van der Waals surface area contributed by atoms with E-state index in [0.29, 0.717) is 18.2 Å². The van der Waals surface area contributed by atoms with Crippen LogP contribution in [-0.4, -0.2) is 15.7 Å². The number of fused-ring (bicyclic) bond motifs is 2. The second-order valence-corrected chi connectivity index (χ2v) is 11.0. The van der Waals surface area contributed by atoms with E-state index in [9.17, 15) is 4.79 Å². The molecule has 4 nitrogen and oxygen atoms in total. The summed E-state index contributed by atoms with van der Waals surface area (Å²) in [5.74, 6) is 0.469. The van der Waals surface area contributed by atoms with Crippen molar-refractivity contribution in [1.29, 1.82) is 0 Å². The fourth-order valence-corrected chi connectivity index (χ4v) is 6.03. The van der Waals surface area contributed by atoms with Crippen molar-refractivity contribution in [1.82, 2.24) is 15.1 Å². The van der Waals surface area contributed by atoms with E-state index in [1.54, 1.807) is 0 Å². The number of aromatic nitrogens is 2. The number of allylic oxidation sites excluding steroid dienone is 2. The lowest BCUT2D eigenvalue weighted by Crippen LogP contribution is -2.32. The Kier molecular flexibility index (Phi) is 6.19. The fourth-order valence-electron chi connectivity index (χ4n) is 5.54. The van der Waals surface area contributed by atoms with Crippen LogP contribution in [0, 0.1) is 18.3 Å². The summed E-state index contributed by atoms with van der Waals surface area (Å²) in [4.78, 5) is 13.4. The van der Waals surface area contributed by atoms with Gasteiger partial charge in [-0.15, -0.1) is 0 Å². The molecule has 1 amide bonds. The van der Waals surface area contributed by atoms with Crippen LogP contribution in [0.15, 0.2) is 59.8 Å². The van der Waals surface area contributed by atoms with Crippen molar-refractivity contribution in [2.75, 3.05) is 0 Å². The molecular formula is C28H29BrClN3O. The van der Waals surface area contributed by atoms with Crippen LogP contribution in [0.5, 0.6) is 0 Å². The normalized spacial score (nSPS) is 21.4. The van der Waals surface area contributed by atoms with Crippen LogP contribution in [-0.2, 0) is 11.9 Å². The molecule has 3 aromatic rings. The van der Waals surface area contributed by atoms with Crippen molar-refractivity contribution in [3.63, 3.8) is 0 Å². The number of hydrogen-bond acceptors (Lipinski definition) is 2. The number of rotatable bonds is 6. The number of nitrogens with zero attached hydrogens (tertiary/aromatic N) is 2. The monoisotopic (exact) mass is 537 g/mol. The Bertz CT molecular complexity index is 1290. The predicted molar refractivity (Wildman–Crippen MR) is 141 cm³/mol. The molecule has 5 rings (SSSR count). The first-order chi connectivity index (χ1) is 16.3. The van der Waals surface area contributed by atoms with Crippen LogP contribution in [0.25, 0.3) is 11.3 Å². The third-order valence-corrected chi connectivity index (χ3v) is 8.64. The third kappa shape index (κ3) is 4.25. The van der Waals surface area contributed by atoms with Crippen LogP contribution < -0.4 is 5.32 Å². The molecule has 176 valence electrons. The van der Waals surface area contributed by atoms with Crippen molar-refractivity contribution in [2.24, 2.45) is 11.3 Å². The summed E-state index contributed by atoms with van der Waals surface area (Å²) in [5.41, 5.74) is 8.21. The lowest BCUT2D eigenvalue weighted by atomic mass is 9.85. The highest BCUT2D eigenvalue weighted by atomic mass is 79.9. The predicted octanol–water partition coefficient (Wildman–Crippen LogP) is 7.28. The Hall–Kier alpha value is -2.37. The van der Waals surface area contributed by atoms with Crippen LogP contribution >= 0.6 is 27.5 Å². The molecule has 2 unspecified atom stereocenters. The van der Waals surface area contributed by atoms with Gasteiger partial charge in [-0.25, -0.2) is 0 Å². The van der Waals surface area contributed by atoms with Crippen molar-refractivity contribution >= 4 is 33.4 Å². The SMILES string of the molecule is CC1=C(NC(=O)c2cc(-c3ccc(Cl)c(C)c3)n(Cc3ccc(CBr)cc3)n2)C2(C)CCC1C2. The first-order valence-corrected chi connectivity index (χ1v) is 13.3. The highest BCUT2D eigenvalue weighted by Crippen LogP contribution is 2.55. The molecule has 2 aromatic carbocycles. The van der Waals surface area contributed by atoms with E-state index in [1.165, 1.54) is 17.6 Å². The van der Waals surface area contributed by atoms with Gasteiger partial charge in [-0.3, -0.25) is 9.48 Å². The number of carbonyl (C=O) groups excluding carboxylic acids is 1. The highest BCUT2D eigenvalue weighted by molar-refractivity contribution is 9.08. The maximum Gasteiger partial charge on any atom is 0.275 e. The Morgan fingerprint density at radius 2 is 1.91 bits per heavy atom. The third-order valence-electron chi connectivity index (χ3n) is 7.57. The number of amides is 1. The Morgan fingerprint density at radius 1 is 1.18 bits per heavy atom. The first kappa shape index (κ1) is 23.4. The summed E-state index contributed by atoms with van der Waals surface area (Å²) in [6.45, 7) is 7.01. The van der Waals surface area contributed by atoms with Crippen molar-refractivity contribution < 1.29 is 4.79 Å². The smallest absolute Gasteiger partial charge is 0.275 e. The molecule has 1 aromatic heterocycles. The molecule has 0 radical (unpaired) electrons. The summed E-state index contributed by atoms with van der Waals surface area (Å²) >= 11 is 9.78. The molecule has 1 saturated carbocycles. The number of hydrogen-bond donors (Lipinski definition) is 1. The van der Waals surface area contributed by atoms with Gasteiger partial charge in [0, 0.05) is 27.0 Å². The molecule has 2 bridgehead atoms. The summed E-state index contributed by atoms with van der Waals surface area (Å²) in [5, 5.41) is 9.57. The van der Waals surface area contributed by atoms with Gasteiger partial charge in [0.15, 0.2) is 5.69 Å². The van der Waals surface area contributed by atoms with E-state index < -0.39 is 0 Å². The van der Waals surface area contributed by atoms with Crippen LogP contribution in [0.4, 0.5) is 0 Å².